The van der Waals surface area contributed by atoms with E-state index in [9.17, 15) is 4.79 Å². The van der Waals surface area contributed by atoms with Crippen LogP contribution in [0.5, 0.6) is 0 Å². The Kier molecular flexibility index (Phi) is 4.98. The number of hydrogen-bond donors (Lipinski definition) is 1. The van der Waals surface area contributed by atoms with Gasteiger partial charge in [0.15, 0.2) is 5.69 Å². The van der Waals surface area contributed by atoms with Gasteiger partial charge in [0.05, 0.1) is 23.1 Å². The Hall–Kier alpha value is -2.60. The van der Waals surface area contributed by atoms with Gasteiger partial charge in [-0.3, -0.25) is 9.48 Å². The number of nitrogens with one attached hydrogen (secondary N) is 1. The van der Waals surface area contributed by atoms with Gasteiger partial charge in [-0.25, -0.2) is 0 Å². The first-order valence-corrected chi connectivity index (χ1v) is 9.93. The molecule has 1 atom stereocenters. The van der Waals surface area contributed by atoms with Gasteiger partial charge in [-0.1, -0.05) is 28.9 Å². The van der Waals surface area contributed by atoms with Gasteiger partial charge >= 0.3 is 0 Å². The Balaban J connectivity index is 1.60. The lowest BCUT2D eigenvalue weighted by Gasteiger charge is -2.15. The SMILES string of the molecule is Cc1nn(C(C)c2ccc(Cl)cc2)c(C)c1NC(=O)c1noc2c1CCCC2. The molecule has 0 saturated heterocycles. The topological polar surface area (TPSA) is 73.0 Å². The summed E-state index contributed by atoms with van der Waals surface area (Å²) in [5.74, 6) is 0.605. The van der Waals surface area contributed by atoms with Crippen LogP contribution >= 0.6 is 11.6 Å². The maximum Gasteiger partial charge on any atom is 0.278 e. The van der Waals surface area contributed by atoms with Gasteiger partial charge in [0.1, 0.15) is 5.76 Å². The number of amides is 1. The lowest BCUT2D eigenvalue weighted by Crippen LogP contribution is -2.17. The second-order valence-corrected chi connectivity index (χ2v) is 7.75. The zero-order chi connectivity index (χ0) is 19.8. The summed E-state index contributed by atoms with van der Waals surface area (Å²) in [7, 11) is 0. The monoisotopic (exact) mass is 398 g/mol. The van der Waals surface area contributed by atoms with Crippen molar-refractivity contribution in [2.75, 3.05) is 5.32 Å². The molecule has 3 aromatic rings. The molecule has 6 nitrogen and oxygen atoms in total. The third-order valence-electron chi connectivity index (χ3n) is 5.45. The summed E-state index contributed by atoms with van der Waals surface area (Å²) in [5, 5.41) is 12.4. The first kappa shape index (κ1) is 18.7. The van der Waals surface area contributed by atoms with E-state index in [1.54, 1.807) is 0 Å². The van der Waals surface area contributed by atoms with Crippen molar-refractivity contribution in [3.05, 3.63) is 63.3 Å². The van der Waals surface area contributed by atoms with Crippen LogP contribution in [0.2, 0.25) is 5.02 Å². The normalized spacial score (nSPS) is 14.6. The number of carbonyl (C=O) groups is 1. The van der Waals surface area contributed by atoms with Crippen LogP contribution in [-0.4, -0.2) is 20.8 Å². The van der Waals surface area contributed by atoms with Gasteiger partial charge in [-0.15, -0.1) is 0 Å². The molecule has 1 N–H and O–H groups in total. The van der Waals surface area contributed by atoms with Crippen molar-refractivity contribution >= 4 is 23.2 Å². The lowest BCUT2D eigenvalue weighted by molar-refractivity contribution is 0.101. The number of hydrogen-bond acceptors (Lipinski definition) is 4. The predicted octanol–water partition coefficient (Wildman–Crippen LogP) is 4.88. The van der Waals surface area contributed by atoms with Crippen LogP contribution in [0.15, 0.2) is 28.8 Å². The van der Waals surface area contributed by atoms with Crippen LogP contribution in [0, 0.1) is 13.8 Å². The predicted molar refractivity (Wildman–Crippen MR) is 108 cm³/mol. The highest BCUT2D eigenvalue weighted by Crippen LogP contribution is 2.29. The maximum absolute atomic E-state index is 12.9. The van der Waals surface area contributed by atoms with E-state index >= 15 is 0 Å². The minimum Gasteiger partial charge on any atom is -0.360 e. The molecular weight excluding hydrogens is 376 g/mol. The highest BCUT2D eigenvalue weighted by Gasteiger charge is 2.26. The van der Waals surface area contributed by atoms with Crippen LogP contribution in [0.4, 0.5) is 5.69 Å². The van der Waals surface area contributed by atoms with Crippen LogP contribution in [0.1, 0.15) is 64.6 Å². The van der Waals surface area contributed by atoms with Crippen molar-refractivity contribution in [1.82, 2.24) is 14.9 Å². The molecule has 0 fully saturated rings. The van der Waals surface area contributed by atoms with E-state index in [1.165, 1.54) is 0 Å². The fourth-order valence-electron chi connectivity index (χ4n) is 3.84. The van der Waals surface area contributed by atoms with Gasteiger partial charge in [-0.2, -0.15) is 5.10 Å². The summed E-state index contributed by atoms with van der Waals surface area (Å²) in [6, 6.07) is 7.74. The van der Waals surface area contributed by atoms with Gasteiger partial charge in [0.2, 0.25) is 0 Å². The second kappa shape index (κ2) is 7.43. The van der Waals surface area contributed by atoms with E-state index in [1.807, 2.05) is 42.8 Å². The van der Waals surface area contributed by atoms with Crippen molar-refractivity contribution in [3.8, 4) is 0 Å². The zero-order valence-corrected chi connectivity index (χ0v) is 17.0. The smallest absolute Gasteiger partial charge is 0.278 e. The molecule has 1 amide bonds. The molecule has 1 aliphatic rings. The Morgan fingerprint density at radius 3 is 2.68 bits per heavy atom. The molecule has 2 heterocycles. The molecule has 1 unspecified atom stereocenters. The molecule has 2 aromatic heterocycles. The summed E-state index contributed by atoms with van der Waals surface area (Å²) >= 11 is 6.00. The van der Waals surface area contributed by atoms with Crippen LogP contribution in [0.25, 0.3) is 0 Å². The Morgan fingerprint density at radius 2 is 1.93 bits per heavy atom. The number of fused-ring (bicyclic) bond motifs is 1. The number of aryl methyl sites for hydroxylation is 2. The number of carbonyl (C=O) groups excluding carboxylic acids is 1. The van der Waals surface area contributed by atoms with Crippen molar-refractivity contribution < 1.29 is 9.32 Å². The molecule has 1 aromatic carbocycles. The number of rotatable bonds is 4. The summed E-state index contributed by atoms with van der Waals surface area (Å²) < 4.78 is 7.30. The summed E-state index contributed by atoms with van der Waals surface area (Å²) in [5.41, 5.74) is 4.82. The van der Waals surface area contributed by atoms with Crippen LogP contribution in [-0.2, 0) is 12.8 Å². The number of aromatic nitrogens is 3. The summed E-state index contributed by atoms with van der Waals surface area (Å²) in [4.78, 5) is 12.9. The molecule has 4 rings (SSSR count). The molecule has 28 heavy (non-hydrogen) atoms. The van der Waals surface area contributed by atoms with E-state index in [-0.39, 0.29) is 11.9 Å². The third-order valence-corrected chi connectivity index (χ3v) is 5.70. The van der Waals surface area contributed by atoms with Crippen molar-refractivity contribution in [3.63, 3.8) is 0 Å². The summed E-state index contributed by atoms with van der Waals surface area (Å²) in [6.07, 6.45) is 3.83. The number of halogens is 1. The largest absolute Gasteiger partial charge is 0.360 e. The van der Waals surface area contributed by atoms with Gasteiger partial charge in [0, 0.05) is 17.0 Å². The molecule has 1 aliphatic carbocycles. The van der Waals surface area contributed by atoms with Gasteiger partial charge < -0.3 is 9.84 Å². The maximum atomic E-state index is 12.9. The van der Waals surface area contributed by atoms with Gasteiger partial charge in [-0.05, 0) is 57.7 Å². The van der Waals surface area contributed by atoms with E-state index in [4.69, 9.17) is 16.1 Å². The third kappa shape index (κ3) is 3.33. The molecule has 0 aliphatic heterocycles. The van der Waals surface area contributed by atoms with Crippen LogP contribution < -0.4 is 5.32 Å². The highest BCUT2D eigenvalue weighted by molar-refractivity contribution is 6.30. The molecule has 0 bridgehead atoms. The first-order valence-electron chi connectivity index (χ1n) is 9.55. The second-order valence-electron chi connectivity index (χ2n) is 7.31. The molecule has 0 radical (unpaired) electrons. The standard InChI is InChI=1S/C21H23ClN4O2/c1-12-19(23-21(27)20-17-6-4-5-7-18(17)28-25-20)14(3)26(24-12)13(2)15-8-10-16(22)11-9-15/h8-11,13H,4-7H2,1-3H3,(H,23,27). The average molecular weight is 399 g/mol. The van der Waals surface area contributed by atoms with Crippen molar-refractivity contribution in [2.24, 2.45) is 0 Å². The van der Waals surface area contributed by atoms with E-state index in [0.29, 0.717) is 10.7 Å². The number of nitrogens with zero attached hydrogens (tertiary/aromatic N) is 3. The fraction of sp³-hybridized carbons (Fsp3) is 0.381. The van der Waals surface area contributed by atoms with Crippen molar-refractivity contribution in [1.29, 1.82) is 0 Å². The lowest BCUT2D eigenvalue weighted by atomic mass is 9.96. The minimum absolute atomic E-state index is 0.0152. The zero-order valence-electron chi connectivity index (χ0n) is 16.3. The van der Waals surface area contributed by atoms with E-state index in [2.05, 4.69) is 22.5 Å². The fourth-order valence-corrected chi connectivity index (χ4v) is 3.97. The van der Waals surface area contributed by atoms with Gasteiger partial charge in [0.25, 0.3) is 5.91 Å². The minimum atomic E-state index is -0.239. The first-order chi connectivity index (χ1) is 13.5. The Morgan fingerprint density at radius 1 is 1.21 bits per heavy atom. The highest BCUT2D eigenvalue weighted by atomic mass is 35.5. The van der Waals surface area contributed by atoms with E-state index < -0.39 is 0 Å². The van der Waals surface area contributed by atoms with E-state index in [0.717, 1.165) is 59.6 Å². The molecule has 146 valence electrons. The summed E-state index contributed by atoms with van der Waals surface area (Å²) in [6.45, 7) is 5.93. The Labute approximate surface area is 168 Å². The average Bonchev–Trinajstić information content (AvgIpc) is 3.24. The molecular formula is C21H23ClN4O2. The number of benzene rings is 1. The Bertz CT molecular complexity index is 1020. The van der Waals surface area contributed by atoms with Crippen molar-refractivity contribution in [2.45, 2.75) is 52.5 Å². The quantitative estimate of drug-likeness (QED) is 0.679. The number of anilines is 1. The molecule has 0 saturated carbocycles. The van der Waals surface area contributed by atoms with Crippen LogP contribution in [0.3, 0.4) is 0 Å². The molecule has 0 spiro atoms. The molecule has 7 heteroatoms.